The van der Waals surface area contributed by atoms with Crippen LogP contribution in [-0.4, -0.2) is 12.5 Å². The van der Waals surface area contributed by atoms with Gasteiger partial charge in [-0.05, 0) is 36.3 Å². The third-order valence-corrected chi connectivity index (χ3v) is 4.54. The molecular formula is C17H26N2O. The van der Waals surface area contributed by atoms with Crippen LogP contribution >= 0.6 is 0 Å². The Labute approximate surface area is 121 Å². The van der Waals surface area contributed by atoms with Gasteiger partial charge in [0.1, 0.15) is 0 Å². The van der Waals surface area contributed by atoms with E-state index in [2.05, 4.69) is 12.2 Å². The summed E-state index contributed by atoms with van der Waals surface area (Å²) in [6.45, 7) is 3.10. The summed E-state index contributed by atoms with van der Waals surface area (Å²) in [7, 11) is 0. The summed E-state index contributed by atoms with van der Waals surface area (Å²) in [5.41, 5.74) is 7.47. The van der Waals surface area contributed by atoms with Crippen LogP contribution in [0, 0.1) is 11.8 Å². The molecule has 0 spiro atoms. The Bertz CT molecular complexity index is 436. The van der Waals surface area contributed by atoms with E-state index >= 15 is 0 Å². The number of nitrogens with two attached hydrogens (primary N) is 1. The van der Waals surface area contributed by atoms with E-state index in [0.29, 0.717) is 18.0 Å². The normalized spacial score (nSPS) is 22.4. The lowest BCUT2D eigenvalue weighted by Crippen LogP contribution is -2.32. The molecule has 0 bridgehead atoms. The summed E-state index contributed by atoms with van der Waals surface area (Å²) in [5.74, 6) is 1.65. The molecule has 1 amide bonds. The molecule has 0 radical (unpaired) electrons. The molecule has 0 atom stereocenters. The molecule has 0 saturated heterocycles. The molecule has 3 nitrogen and oxygen atoms in total. The Morgan fingerprint density at radius 2 is 1.85 bits per heavy atom. The van der Waals surface area contributed by atoms with Crippen LogP contribution in [0.15, 0.2) is 24.3 Å². The van der Waals surface area contributed by atoms with E-state index < -0.39 is 0 Å². The van der Waals surface area contributed by atoms with E-state index in [1.54, 1.807) is 0 Å². The molecule has 3 heteroatoms. The number of rotatable bonds is 5. The molecule has 1 saturated carbocycles. The molecule has 0 heterocycles. The van der Waals surface area contributed by atoms with E-state index in [4.69, 9.17) is 5.73 Å². The van der Waals surface area contributed by atoms with Gasteiger partial charge in [0, 0.05) is 12.2 Å². The third kappa shape index (κ3) is 4.26. The second kappa shape index (κ2) is 7.32. The van der Waals surface area contributed by atoms with Gasteiger partial charge in [-0.15, -0.1) is 0 Å². The van der Waals surface area contributed by atoms with Gasteiger partial charge in [0.15, 0.2) is 0 Å². The molecule has 0 unspecified atom stereocenters. The van der Waals surface area contributed by atoms with Crippen LogP contribution < -0.4 is 11.1 Å². The molecule has 1 aliphatic carbocycles. The molecule has 2 rings (SSSR count). The smallest absolute Gasteiger partial charge is 0.224 e. The average molecular weight is 274 g/mol. The molecule has 0 aromatic heterocycles. The lowest BCUT2D eigenvalue weighted by Gasteiger charge is -2.27. The minimum Gasteiger partial charge on any atom is -0.398 e. The maximum absolute atomic E-state index is 12.0. The van der Waals surface area contributed by atoms with Crippen molar-refractivity contribution in [3.8, 4) is 0 Å². The maximum atomic E-state index is 12.0. The lowest BCUT2D eigenvalue weighted by atomic mass is 9.81. The largest absolute Gasteiger partial charge is 0.398 e. The van der Waals surface area contributed by atoms with Gasteiger partial charge in [-0.1, -0.05) is 44.4 Å². The van der Waals surface area contributed by atoms with Crippen molar-refractivity contribution < 1.29 is 4.79 Å². The number of anilines is 1. The van der Waals surface area contributed by atoms with Crippen LogP contribution in [-0.2, 0) is 11.2 Å². The van der Waals surface area contributed by atoms with Crippen LogP contribution in [0.3, 0.4) is 0 Å². The fraction of sp³-hybridized carbons (Fsp3) is 0.588. The standard InChI is InChI=1S/C17H26N2O/c1-2-13-7-9-14(10-8-13)12-19-17(20)11-15-5-3-4-6-16(15)18/h3-6,13-14H,2,7-12,18H2,1H3,(H,19,20). The zero-order valence-corrected chi connectivity index (χ0v) is 12.4. The number of carbonyl (C=O) groups excluding carboxylic acids is 1. The number of carbonyl (C=O) groups is 1. The predicted molar refractivity (Wildman–Crippen MR) is 83.3 cm³/mol. The Hall–Kier alpha value is -1.51. The van der Waals surface area contributed by atoms with Gasteiger partial charge in [-0.2, -0.15) is 0 Å². The molecule has 20 heavy (non-hydrogen) atoms. The van der Waals surface area contributed by atoms with E-state index in [9.17, 15) is 4.79 Å². The van der Waals surface area contributed by atoms with Crippen molar-refractivity contribution in [2.24, 2.45) is 11.8 Å². The first-order valence-electron chi connectivity index (χ1n) is 7.79. The Morgan fingerprint density at radius 1 is 1.20 bits per heavy atom. The molecular weight excluding hydrogens is 248 g/mol. The zero-order chi connectivity index (χ0) is 14.4. The highest BCUT2D eigenvalue weighted by molar-refractivity contribution is 5.80. The lowest BCUT2D eigenvalue weighted by molar-refractivity contribution is -0.120. The molecule has 1 fully saturated rings. The zero-order valence-electron chi connectivity index (χ0n) is 12.4. The summed E-state index contributed by atoms with van der Waals surface area (Å²) < 4.78 is 0. The van der Waals surface area contributed by atoms with Crippen LogP contribution in [0.1, 0.15) is 44.6 Å². The SMILES string of the molecule is CCC1CCC(CNC(=O)Cc2ccccc2N)CC1. The first-order valence-corrected chi connectivity index (χ1v) is 7.79. The van der Waals surface area contributed by atoms with Crippen molar-refractivity contribution in [3.05, 3.63) is 29.8 Å². The fourth-order valence-corrected chi connectivity index (χ4v) is 3.03. The Balaban J connectivity index is 1.72. The highest BCUT2D eigenvalue weighted by Crippen LogP contribution is 2.30. The van der Waals surface area contributed by atoms with Crippen LogP contribution in [0.25, 0.3) is 0 Å². The fourth-order valence-electron chi connectivity index (χ4n) is 3.03. The maximum Gasteiger partial charge on any atom is 0.224 e. The van der Waals surface area contributed by atoms with Gasteiger partial charge in [0.2, 0.25) is 5.91 Å². The topological polar surface area (TPSA) is 55.1 Å². The number of amides is 1. The van der Waals surface area contributed by atoms with Crippen molar-refractivity contribution in [1.29, 1.82) is 0 Å². The quantitative estimate of drug-likeness (QED) is 0.810. The first kappa shape index (κ1) is 14.9. The molecule has 1 aromatic carbocycles. The Kier molecular flexibility index (Phi) is 5.45. The highest BCUT2D eigenvalue weighted by atomic mass is 16.1. The van der Waals surface area contributed by atoms with Gasteiger partial charge in [0.25, 0.3) is 0 Å². The van der Waals surface area contributed by atoms with Gasteiger partial charge >= 0.3 is 0 Å². The van der Waals surface area contributed by atoms with Gasteiger partial charge in [-0.25, -0.2) is 0 Å². The minimum absolute atomic E-state index is 0.0838. The highest BCUT2D eigenvalue weighted by Gasteiger charge is 2.20. The number of para-hydroxylation sites is 1. The van der Waals surface area contributed by atoms with E-state index in [-0.39, 0.29) is 5.91 Å². The van der Waals surface area contributed by atoms with Crippen molar-refractivity contribution in [3.63, 3.8) is 0 Å². The summed E-state index contributed by atoms with van der Waals surface area (Å²) in [4.78, 5) is 12.0. The van der Waals surface area contributed by atoms with Crippen molar-refractivity contribution in [2.45, 2.75) is 45.4 Å². The minimum atomic E-state index is 0.0838. The van der Waals surface area contributed by atoms with Crippen LogP contribution in [0.4, 0.5) is 5.69 Å². The average Bonchev–Trinajstić information content (AvgIpc) is 2.48. The second-order valence-corrected chi connectivity index (χ2v) is 5.97. The number of hydrogen-bond acceptors (Lipinski definition) is 2. The van der Waals surface area contributed by atoms with Crippen LogP contribution in [0.2, 0.25) is 0 Å². The number of hydrogen-bond donors (Lipinski definition) is 2. The number of nitrogen functional groups attached to an aromatic ring is 1. The molecule has 1 aliphatic rings. The number of benzene rings is 1. The third-order valence-electron chi connectivity index (χ3n) is 4.54. The van der Waals surface area contributed by atoms with Gasteiger partial charge in [-0.3, -0.25) is 4.79 Å². The molecule has 110 valence electrons. The summed E-state index contributed by atoms with van der Waals surface area (Å²) in [6.07, 6.45) is 6.84. The summed E-state index contributed by atoms with van der Waals surface area (Å²) in [6, 6.07) is 7.57. The van der Waals surface area contributed by atoms with E-state index in [0.717, 1.165) is 18.0 Å². The van der Waals surface area contributed by atoms with Crippen molar-refractivity contribution in [1.82, 2.24) is 5.32 Å². The molecule has 1 aromatic rings. The summed E-state index contributed by atoms with van der Waals surface area (Å²) >= 11 is 0. The van der Waals surface area contributed by atoms with E-state index in [1.807, 2.05) is 24.3 Å². The van der Waals surface area contributed by atoms with Gasteiger partial charge in [0.05, 0.1) is 6.42 Å². The van der Waals surface area contributed by atoms with Crippen molar-refractivity contribution in [2.75, 3.05) is 12.3 Å². The first-order chi connectivity index (χ1) is 9.69. The second-order valence-electron chi connectivity index (χ2n) is 5.97. The Morgan fingerprint density at radius 3 is 2.50 bits per heavy atom. The van der Waals surface area contributed by atoms with Crippen LogP contribution in [0.5, 0.6) is 0 Å². The number of nitrogens with one attached hydrogen (secondary N) is 1. The van der Waals surface area contributed by atoms with Gasteiger partial charge < -0.3 is 11.1 Å². The monoisotopic (exact) mass is 274 g/mol. The van der Waals surface area contributed by atoms with E-state index in [1.165, 1.54) is 32.1 Å². The predicted octanol–water partition coefficient (Wildman–Crippen LogP) is 3.14. The van der Waals surface area contributed by atoms with Crippen molar-refractivity contribution >= 4 is 11.6 Å². The summed E-state index contributed by atoms with van der Waals surface area (Å²) in [5, 5.41) is 3.07. The molecule has 3 N–H and O–H groups in total. The molecule has 0 aliphatic heterocycles.